The topological polar surface area (TPSA) is 0 Å². The van der Waals surface area contributed by atoms with Gasteiger partial charge in [-0.25, -0.2) is 0 Å². The van der Waals surface area contributed by atoms with Gasteiger partial charge in [0.2, 0.25) is 0 Å². The third-order valence-corrected chi connectivity index (χ3v) is 12.3. The highest BCUT2D eigenvalue weighted by Gasteiger charge is 2.20. The molecule has 1 aromatic heterocycles. The molecule has 0 nitrogen and oxygen atoms in total. The van der Waals surface area contributed by atoms with E-state index in [-0.39, 0.29) is 16.4 Å². The minimum atomic E-state index is 0.204. The Bertz CT molecular complexity index is 3100. The van der Waals surface area contributed by atoms with E-state index < -0.39 is 0 Å². The molecule has 0 aliphatic carbocycles. The predicted molar refractivity (Wildman–Crippen MR) is 248 cm³/mol. The number of hydrogen-bond acceptors (Lipinski definition) is 1. The summed E-state index contributed by atoms with van der Waals surface area (Å²) in [5.74, 6) is 0. The van der Waals surface area contributed by atoms with Gasteiger partial charge in [-0.05, 0) is 108 Å². The quantitative estimate of drug-likeness (QED) is 0.124. The van der Waals surface area contributed by atoms with E-state index in [1.165, 1.54) is 48.0 Å². The summed E-state index contributed by atoms with van der Waals surface area (Å²) >= 11 is 1.84. The summed E-state index contributed by atoms with van der Waals surface area (Å²) in [6.07, 6.45) is 0. The molecule has 0 spiro atoms. The fourth-order valence-corrected chi connectivity index (χ4v) is 9.37. The first kappa shape index (κ1) is 34.5. The zero-order valence-corrected chi connectivity index (χ0v) is 31.2. The molecule has 0 atom stereocenters. The molecule has 0 bridgehead atoms. The van der Waals surface area contributed by atoms with Crippen molar-refractivity contribution in [3.05, 3.63) is 164 Å². The van der Waals surface area contributed by atoms with Crippen LogP contribution in [0.4, 0.5) is 0 Å². The van der Waals surface area contributed by atoms with E-state index in [4.69, 9.17) is 39.2 Å². The van der Waals surface area contributed by atoms with Crippen LogP contribution >= 0.6 is 11.3 Å². The van der Waals surface area contributed by atoms with Crippen LogP contribution in [0.2, 0.25) is 0 Å². The third kappa shape index (κ3) is 5.58. The Morgan fingerprint density at radius 3 is 1.18 bits per heavy atom. The second-order valence-corrected chi connectivity index (χ2v) is 15.4. The minimum Gasteiger partial charge on any atom is -0.135 e. The summed E-state index contributed by atoms with van der Waals surface area (Å²) < 4.78 is 2.56. The Morgan fingerprint density at radius 2 is 0.625 bits per heavy atom. The minimum absolute atomic E-state index is 0.204. The highest BCUT2D eigenvalue weighted by atomic mass is 32.1. The zero-order chi connectivity index (χ0) is 38.1. The molecule has 248 valence electrons. The Hall–Kier alpha value is -5.96. The van der Waals surface area contributed by atoms with Crippen LogP contribution < -0.4 is 27.3 Å². The van der Waals surface area contributed by atoms with Crippen LogP contribution in [-0.4, -0.2) is 39.2 Å². The fraction of sp³-hybridized carbons (Fsp3) is 0. The van der Waals surface area contributed by atoms with E-state index >= 15 is 0 Å². The number of hydrogen-bond donors (Lipinski definition) is 0. The van der Waals surface area contributed by atoms with Crippen LogP contribution in [0, 0.1) is 0 Å². The van der Waals surface area contributed by atoms with Crippen molar-refractivity contribution in [2.45, 2.75) is 0 Å². The lowest BCUT2D eigenvalue weighted by Gasteiger charge is -2.25. The number of benzene rings is 9. The molecular weight excluding hydrogens is 687 g/mol. The fourth-order valence-electron chi connectivity index (χ4n) is 8.30. The van der Waals surface area contributed by atoms with Crippen molar-refractivity contribution in [3.8, 4) is 55.6 Å². The van der Waals surface area contributed by atoms with E-state index in [1.54, 1.807) is 0 Å². The third-order valence-electron chi connectivity index (χ3n) is 11.2. The average molecular weight is 714 g/mol. The second kappa shape index (κ2) is 13.7. The van der Waals surface area contributed by atoms with Crippen LogP contribution in [0.5, 0.6) is 0 Å². The molecule has 0 aliphatic rings. The largest absolute Gasteiger partial charge is 0.135 e. The number of rotatable bonds is 5. The molecule has 0 aliphatic heterocycles. The zero-order valence-electron chi connectivity index (χ0n) is 30.4. The SMILES string of the molecule is [B]c1c([B])c([B])c(-c2c3ccccc3c(-c3ccc(-c4ccc5sc6ccc(-c7cccc(-c8ccccc8)c7)cc6c5c4)cc3)c3ccccc23)c([B])c1[B]. The Balaban J connectivity index is 1.07. The summed E-state index contributed by atoms with van der Waals surface area (Å²) in [7, 11) is 32.3. The lowest BCUT2D eigenvalue weighted by molar-refractivity contribution is 1.60. The average Bonchev–Trinajstić information content (AvgIpc) is 3.62. The van der Waals surface area contributed by atoms with E-state index in [0.717, 1.165) is 43.8 Å². The smallest absolute Gasteiger partial charge is 0.113 e. The van der Waals surface area contributed by atoms with Crippen molar-refractivity contribution in [3.63, 3.8) is 0 Å². The molecular formula is C50H27B5S. The summed E-state index contributed by atoms with van der Waals surface area (Å²) in [6.45, 7) is 0. The van der Waals surface area contributed by atoms with Crippen molar-refractivity contribution in [2.75, 3.05) is 0 Å². The van der Waals surface area contributed by atoms with Gasteiger partial charge < -0.3 is 0 Å². The van der Waals surface area contributed by atoms with Gasteiger partial charge >= 0.3 is 0 Å². The van der Waals surface area contributed by atoms with Gasteiger partial charge in [0, 0.05) is 20.2 Å². The summed E-state index contributed by atoms with van der Waals surface area (Å²) in [4.78, 5) is 0. The molecule has 0 amide bonds. The van der Waals surface area contributed by atoms with Gasteiger partial charge in [0.15, 0.2) is 0 Å². The van der Waals surface area contributed by atoms with E-state index in [2.05, 4.69) is 152 Å². The predicted octanol–water partition coefficient (Wildman–Crippen LogP) is 8.66. The molecule has 10 aromatic rings. The summed E-state index contributed by atoms with van der Waals surface area (Å²) in [6, 6.07) is 58.6. The van der Waals surface area contributed by atoms with E-state index in [0.29, 0.717) is 16.5 Å². The van der Waals surface area contributed by atoms with Crippen LogP contribution in [-0.2, 0) is 0 Å². The molecule has 1 heterocycles. The normalized spacial score (nSPS) is 11.6. The van der Waals surface area contributed by atoms with Gasteiger partial charge in [-0.3, -0.25) is 0 Å². The first-order chi connectivity index (χ1) is 27.4. The van der Waals surface area contributed by atoms with Gasteiger partial charge in [-0.15, -0.1) is 27.7 Å². The second-order valence-electron chi connectivity index (χ2n) is 14.3. The molecule has 10 radical (unpaired) electrons. The maximum absolute atomic E-state index is 6.67. The molecule has 9 aromatic carbocycles. The Morgan fingerprint density at radius 1 is 0.250 bits per heavy atom. The standard InChI is InChI=1S/C50H27B5S/c51-46-45(47(52)49(54)50(55)48(46)53)44-37-15-6-4-13-35(37)43(36-14-5-7-16-38(36)44)30-19-17-29(18-20-30)33-21-23-41-39(26-33)40-27-34(22-24-42(40)56-41)32-12-8-11-31(25-32)28-9-2-1-3-10-28/h1-27H. The maximum atomic E-state index is 6.67. The molecule has 56 heavy (non-hydrogen) atoms. The van der Waals surface area contributed by atoms with Gasteiger partial charge in [0.25, 0.3) is 0 Å². The van der Waals surface area contributed by atoms with Gasteiger partial charge in [0.1, 0.15) is 39.2 Å². The Labute approximate surface area is 337 Å². The first-order valence-corrected chi connectivity index (χ1v) is 19.4. The Kier molecular flexibility index (Phi) is 8.42. The van der Waals surface area contributed by atoms with Crippen LogP contribution in [0.1, 0.15) is 0 Å². The molecule has 10 rings (SSSR count). The van der Waals surface area contributed by atoms with Crippen molar-refractivity contribution in [1.82, 2.24) is 0 Å². The van der Waals surface area contributed by atoms with Crippen LogP contribution in [0.15, 0.2) is 164 Å². The molecule has 0 N–H and O–H groups in total. The highest BCUT2D eigenvalue weighted by Crippen LogP contribution is 2.44. The van der Waals surface area contributed by atoms with Crippen molar-refractivity contribution in [2.24, 2.45) is 0 Å². The molecule has 0 saturated heterocycles. The van der Waals surface area contributed by atoms with Gasteiger partial charge in [-0.2, -0.15) is 0 Å². The molecule has 0 fully saturated rings. The van der Waals surface area contributed by atoms with Gasteiger partial charge in [0.05, 0.1) is 0 Å². The lowest BCUT2D eigenvalue weighted by Crippen LogP contribution is -2.55. The van der Waals surface area contributed by atoms with Crippen molar-refractivity contribution >= 4 is 120 Å². The highest BCUT2D eigenvalue weighted by molar-refractivity contribution is 7.25. The summed E-state index contributed by atoms with van der Waals surface area (Å²) in [5, 5.41) is 6.66. The lowest BCUT2D eigenvalue weighted by atomic mass is 9.59. The van der Waals surface area contributed by atoms with Crippen LogP contribution in [0.3, 0.4) is 0 Å². The molecule has 6 heteroatoms. The van der Waals surface area contributed by atoms with E-state index in [9.17, 15) is 0 Å². The summed E-state index contributed by atoms with van der Waals surface area (Å²) in [5.41, 5.74) is 12.2. The van der Waals surface area contributed by atoms with Gasteiger partial charge in [-0.1, -0.05) is 144 Å². The number of fused-ring (bicyclic) bond motifs is 5. The molecule has 0 unspecified atom stereocenters. The molecule has 0 saturated carbocycles. The van der Waals surface area contributed by atoms with Crippen molar-refractivity contribution in [1.29, 1.82) is 0 Å². The van der Waals surface area contributed by atoms with E-state index in [1.807, 2.05) is 23.5 Å². The maximum Gasteiger partial charge on any atom is 0.113 e. The monoisotopic (exact) mass is 714 g/mol. The first-order valence-electron chi connectivity index (χ1n) is 18.5. The number of thiophene rings is 1. The van der Waals surface area contributed by atoms with Crippen LogP contribution in [0.25, 0.3) is 97.4 Å². The van der Waals surface area contributed by atoms with Crippen molar-refractivity contribution < 1.29 is 0 Å².